The molecular weight excluding hydrogens is 318 g/mol. The third kappa shape index (κ3) is 3.02. The highest BCUT2D eigenvalue weighted by Crippen LogP contribution is 2.31. The largest absolute Gasteiger partial charge is 0.339 e. The highest BCUT2D eigenvalue weighted by atomic mass is 16.2. The van der Waals surface area contributed by atoms with E-state index < -0.39 is 0 Å². The van der Waals surface area contributed by atoms with Crippen molar-refractivity contribution in [3.8, 4) is 11.5 Å². The normalized spacial score (nSPS) is 21.2. The molecule has 4 heterocycles. The predicted octanol–water partition coefficient (Wildman–Crippen LogP) is 0.777. The Hall–Kier alpha value is -2.35. The first-order valence-corrected chi connectivity index (χ1v) is 8.98. The monoisotopic (exact) mass is 341 g/mol. The molecule has 8 nitrogen and oxygen atoms in total. The molecule has 8 heteroatoms. The molecule has 0 aliphatic carbocycles. The molecule has 0 N–H and O–H groups in total. The van der Waals surface area contributed by atoms with Crippen LogP contribution < -0.4 is 0 Å². The van der Waals surface area contributed by atoms with Crippen molar-refractivity contribution in [2.45, 2.75) is 32.2 Å². The molecule has 4 rings (SSSR count). The van der Waals surface area contributed by atoms with Gasteiger partial charge in [-0.05, 0) is 19.4 Å². The third-order valence-corrected chi connectivity index (χ3v) is 5.19. The zero-order valence-electron chi connectivity index (χ0n) is 14.5. The SMILES string of the molecule is CCN1CCN(C(=O)C2CCCn3c(-c4cnccn4)nnc32)CC1. The lowest BCUT2D eigenvalue weighted by molar-refractivity contribution is -0.135. The second kappa shape index (κ2) is 6.87. The highest BCUT2D eigenvalue weighted by molar-refractivity contribution is 5.83. The van der Waals surface area contributed by atoms with Crippen LogP contribution in [0.3, 0.4) is 0 Å². The summed E-state index contributed by atoms with van der Waals surface area (Å²) in [6.07, 6.45) is 6.76. The van der Waals surface area contributed by atoms with E-state index in [0.29, 0.717) is 11.5 Å². The lowest BCUT2D eigenvalue weighted by Crippen LogP contribution is -2.50. The summed E-state index contributed by atoms with van der Waals surface area (Å²) >= 11 is 0. The molecule has 1 saturated heterocycles. The number of aromatic nitrogens is 5. The van der Waals surface area contributed by atoms with Crippen molar-refractivity contribution < 1.29 is 4.79 Å². The van der Waals surface area contributed by atoms with Crippen LogP contribution >= 0.6 is 0 Å². The van der Waals surface area contributed by atoms with Gasteiger partial charge in [0.25, 0.3) is 0 Å². The Balaban J connectivity index is 1.56. The summed E-state index contributed by atoms with van der Waals surface area (Å²) in [4.78, 5) is 25.8. The minimum absolute atomic E-state index is 0.190. The van der Waals surface area contributed by atoms with Gasteiger partial charge in [-0.3, -0.25) is 9.78 Å². The molecule has 25 heavy (non-hydrogen) atoms. The Labute approximate surface area is 146 Å². The number of fused-ring (bicyclic) bond motifs is 1. The maximum absolute atomic E-state index is 13.1. The molecule has 1 amide bonds. The zero-order chi connectivity index (χ0) is 17.2. The minimum atomic E-state index is -0.195. The first-order chi connectivity index (χ1) is 12.3. The first-order valence-electron chi connectivity index (χ1n) is 8.98. The number of carbonyl (C=O) groups is 1. The first kappa shape index (κ1) is 16.1. The predicted molar refractivity (Wildman–Crippen MR) is 91.7 cm³/mol. The van der Waals surface area contributed by atoms with Gasteiger partial charge in [0, 0.05) is 45.1 Å². The number of hydrogen-bond donors (Lipinski definition) is 0. The minimum Gasteiger partial charge on any atom is -0.339 e. The van der Waals surface area contributed by atoms with Crippen LogP contribution in [0.15, 0.2) is 18.6 Å². The van der Waals surface area contributed by atoms with E-state index in [1.54, 1.807) is 18.6 Å². The molecule has 132 valence electrons. The van der Waals surface area contributed by atoms with Crippen LogP contribution in [0.5, 0.6) is 0 Å². The number of piperazine rings is 1. The Morgan fingerprint density at radius 1 is 1.16 bits per heavy atom. The van der Waals surface area contributed by atoms with Gasteiger partial charge >= 0.3 is 0 Å². The quantitative estimate of drug-likeness (QED) is 0.821. The number of carbonyl (C=O) groups excluding carboxylic acids is 1. The number of likely N-dealkylation sites (N-methyl/N-ethyl adjacent to an activating group) is 1. The van der Waals surface area contributed by atoms with Crippen molar-refractivity contribution >= 4 is 5.91 Å². The fourth-order valence-corrected chi connectivity index (χ4v) is 3.72. The molecule has 2 aliphatic rings. The summed E-state index contributed by atoms with van der Waals surface area (Å²) < 4.78 is 2.04. The van der Waals surface area contributed by atoms with Crippen LogP contribution in [0.2, 0.25) is 0 Å². The third-order valence-electron chi connectivity index (χ3n) is 5.19. The summed E-state index contributed by atoms with van der Waals surface area (Å²) in [5.74, 6) is 1.47. The Bertz CT molecular complexity index is 737. The molecule has 1 atom stereocenters. The van der Waals surface area contributed by atoms with Gasteiger partial charge in [0.1, 0.15) is 11.5 Å². The average molecular weight is 341 g/mol. The van der Waals surface area contributed by atoms with Gasteiger partial charge in [-0.15, -0.1) is 10.2 Å². The van der Waals surface area contributed by atoms with Gasteiger partial charge in [0.15, 0.2) is 5.82 Å². The van der Waals surface area contributed by atoms with Crippen LogP contribution in [-0.4, -0.2) is 73.2 Å². The van der Waals surface area contributed by atoms with Gasteiger partial charge in [-0.25, -0.2) is 4.98 Å². The number of amides is 1. The Morgan fingerprint density at radius 2 is 2.00 bits per heavy atom. The fourth-order valence-electron chi connectivity index (χ4n) is 3.72. The van der Waals surface area contributed by atoms with Crippen LogP contribution in [0.4, 0.5) is 0 Å². The van der Waals surface area contributed by atoms with Gasteiger partial charge in [0.2, 0.25) is 5.91 Å². The summed E-state index contributed by atoms with van der Waals surface area (Å²) in [7, 11) is 0. The Kier molecular flexibility index (Phi) is 4.44. The second-order valence-electron chi connectivity index (χ2n) is 6.58. The smallest absolute Gasteiger partial charge is 0.233 e. The van der Waals surface area contributed by atoms with Gasteiger partial charge in [-0.1, -0.05) is 6.92 Å². The van der Waals surface area contributed by atoms with Crippen LogP contribution in [0, 0.1) is 0 Å². The summed E-state index contributed by atoms with van der Waals surface area (Å²) in [6, 6.07) is 0. The molecule has 0 aromatic carbocycles. The standard InChI is InChI=1S/C17H23N7O/c1-2-22-8-10-23(11-9-22)17(25)13-4-3-7-24-15(13)20-21-16(24)14-12-18-5-6-19-14/h5-6,12-13H,2-4,7-11H2,1H3. The van der Waals surface area contributed by atoms with E-state index in [4.69, 9.17) is 0 Å². The molecule has 2 aliphatic heterocycles. The molecule has 2 aromatic rings. The van der Waals surface area contributed by atoms with Gasteiger partial charge in [0.05, 0.1) is 12.1 Å². The second-order valence-corrected chi connectivity index (χ2v) is 6.58. The van der Waals surface area contributed by atoms with Crippen molar-refractivity contribution in [2.75, 3.05) is 32.7 Å². The van der Waals surface area contributed by atoms with E-state index in [0.717, 1.165) is 57.9 Å². The van der Waals surface area contributed by atoms with Crippen molar-refractivity contribution in [3.05, 3.63) is 24.4 Å². The Morgan fingerprint density at radius 3 is 2.72 bits per heavy atom. The van der Waals surface area contributed by atoms with E-state index in [1.165, 1.54) is 0 Å². The maximum atomic E-state index is 13.1. The van der Waals surface area contributed by atoms with Crippen LogP contribution in [-0.2, 0) is 11.3 Å². The number of hydrogen-bond acceptors (Lipinski definition) is 6. The molecule has 0 bridgehead atoms. The molecular formula is C17H23N7O. The fraction of sp³-hybridized carbons (Fsp3) is 0.588. The van der Waals surface area contributed by atoms with Crippen molar-refractivity contribution in [3.63, 3.8) is 0 Å². The molecule has 0 saturated carbocycles. The van der Waals surface area contributed by atoms with Crippen molar-refractivity contribution in [2.24, 2.45) is 0 Å². The molecule has 0 spiro atoms. The molecule has 1 fully saturated rings. The van der Waals surface area contributed by atoms with Gasteiger partial charge in [-0.2, -0.15) is 0 Å². The lowest BCUT2D eigenvalue weighted by atomic mass is 9.96. The summed E-state index contributed by atoms with van der Waals surface area (Å²) in [5.41, 5.74) is 0.700. The average Bonchev–Trinajstić information content (AvgIpc) is 3.12. The van der Waals surface area contributed by atoms with Crippen LogP contribution in [0.25, 0.3) is 11.5 Å². The zero-order valence-corrected chi connectivity index (χ0v) is 14.5. The number of rotatable bonds is 3. The van der Waals surface area contributed by atoms with E-state index in [-0.39, 0.29) is 11.8 Å². The molecule has 0 radical (unpaired) electrons. The van der Waals surface area contributed by atoms with Crippen LogP contribution in [0.1, 0.15) is 31.5 Å². The summed E-state index contributed by atoms with van der Waals surface area (Å²) in [6.45, 7) is 7.53. The molecule has 2 aromatic heterocycles. The molecule has 1 unspecified atom stereocenters. The van der Waals surface area contributed by atoms with E-state index in [2.05, 4.69) is 32.0 Å². The summed E-state index contributed by atoms with van der Waals surface area (Å²) in [5, 5.41) is 8.65. The van der Waals surface area contributed by atoms with E-state index >= 15 is 0 Å². The van der Waals surface area contributed by atoms with Crippen molar-refractivity contribution in [1.82, 2.24) is 34.5 Å². The van der Waals surface area contributed by atoms with E-state index in [9.17, 15) is 4.79 Å². The van der Waals surface area contributed by atoms with Gasteiger partial charge < -0.3 is 14.4 Å². The maximum Gasteiger partial charge on any atom is 0.233 e. The highest BCUT2D eigenvalue weighted by Gasteiger charge is 2.35. The topological polar surface area (TPSA) is 80.0 Å². The van der Waals surface area contributed by atoms with E-state index in [1.807, 2.05) is 9.47 Å². The van der Waals surface area contributed by atoms with Crippen molar-refractivity contribution in [1.29, 1.82) is 0 Å². The number of nitrogens with zero attached hydrogens (tertiary/aromatic N) is 7. The lowest BCUT2D eigenvalue weighted by Gasteiger charge is -2.36.